The molecule has 0 heterocycles. The molecule has 0 atom stereocenters. The van der Waals surface area contributed by atoms with Gasteiger partial charge in [0.2, 0.25) is 0 Å². The van der Waals surface area contributed by atoms with Crippen molar-refractivity contribution in [1.82, 2.24) is 0 Å². The van der Waals surface area contributed by atoms with Crippen LogP contribution in [-0.4, -0.2) is 28.1 Å². The highest BCUT2D eigenvalue weighted by Crippen LogP contribution is 2.32. The molecule has 1 aliphatic rings. The first-order valence-corrected chi connectivity index (χ1v) is 8.96. The van der Waals surface area contributed by atoms with Crippen molar-refractivity contribution in [2.45, 2.75) is 30.8 Å². The lowest BCUT2D eigenvalue weighted by Gasteiger charge is -2.08. The molecule has 7 heteroatoms. The number of esters is 1. The minimum absolute atomic E-state index is 0.132. The molecule has 1 aromatic carbocycles. The van der Waals surface area contributed by atoms with Crippen LogP contribution in [0.3, 0.4) is 0 Å². The summed E-state index contributed by atoms with van der Waals surface area (Å²) in [6, 6.07) is 4.16. The molecule has 0 N–H and O–H groups in total. The molecule has 1 saturated carbocycles. The molecule has 5 nitrogen and oxygen atoms in total. The number of hydrogen-bond donors (Lipinski definition) is 0. The van der Waals surface area contributed by atoms with E-state index in [1.807, 2.05) is 0 Å². The molecule has 2 rings (SSSR count). The van der Waals surface area contributed by atoms with E-state index in [1.165, 1.54) is 32.1 Å². The molecule has 1 aromatic rings. The minimum atomic E-state index is -3.91. The van der Waals surface area contributed by atoms with Gasteiger partial charge in [-0.3, -0.25) is 0 Å². The second-order valence-corrected chi connectivity index (χ2v) is 7.67. The van der Waals surface area contributed by atoms with E-state index in [0.29, 0.717) is 18.1 Å². The number of carbonyl (C=O) groups excluding carboxylic acids is 1. The second kappa shape index (κ2) is 6.77. The van der Waals surface area contributed by atoms with Crippen LogP contribution < -0.4 is 0 Å². The molecule has 1 aliphatic carbocycles. The predicted octanol–water partition coefficient (Wildman–Crippen LogP) is 2.72. The Bertz CT molecular complexity index is 622. The van der Waals surface area contributed by atoms with Crippen LogP contribution in [-0.2, 0) is 25.1 Å². The van der Waals surface area contributed by atoms with Gasteiger partial charge in [-0.1, -0.05) is 12.8 Å². The average molecular weight is 333 g/mol. The van der Waals surface area contributed by atoms with Gasteiger partial charge in [-0.2, -0.15) is 0 Å². The number of ether oxygens (including phenoxy) is 2. The van der Waals surface area contributed by atoms with Gasteiger partial charge < -0.3 is 9.47 Å². The third kappa shape index (κ3) is 4.98. The number of rotatable bonds is 7. The van der Waals surface area contributed by atoms with Crippen LogP contribution in [0, 0.1) is 5.92 Å². The van der Waals surface area contributed by atoms with Crippen LogP contribution in [0.15, 0.2) is 23.1 Å². The largest absolute Gasteiger partial charge is 0.462 e. The Morgan fingerprint density at radius 2 is 2.05 bits per heavy atom. The molecular formula is C14H17ClO5S. The summed E-state index contributed by atoms with van der Waals surface area (Å²) in [5.41, 5.74) is 0.716. The van der Waals surface area contributed by atoms with Crippen LogP contribution in [0.25, 0.3) is 0 Å². The second-order valence-electron chi connectivity index (χ2n) is 5.10. The smallest absolute Gasteiger partial charge is 0.338 e. The van der Waals surface area contributed by atoms with E-state index in [9.17, 15) is 13.2 Å². The number of benzene rings is 1. The molecule has 1 fully saturated rings. The lowest BCUT2D eigenvalue weighted by atomic mass is 10.1. The van der Waals surface area contributed by atoms with Gasteiger partial charge in [-0.05, 0) is 36.1 Å². The van der Waals surface area contributed by atoms with Gasteiger partial charge in [-0.25, -0.2) is 13.2 Å². The summed E-state index contributed by atoms with van der Waals surface area (Å²) in [5, 5.41) is 0. The summed E-state index contributed by atoms with van der Waals surface area (Å²) in [6.07, 6.45) is 3.23. The molecule has 0 saturated heterocycles. The average Bonchev–Trinajstić information content (AvgIpc) is 3.22. The van der Waals surface area contributed by atoms with Crippen molar-refractivity contribution in [2.75, 3.05) is 13.7 Å². The third-order valence-electron chi connectivity index (χ3n) is 3.25. The Morgan fingerprint density at radius 1 is 1.33 bits per heavy atom. The lowest BCUT2D eigenvalue weighted by molar-refractivity contribution is 0.0494. The Morgan fingerprint density at radius 3 is 2.62 bits per heavy atom. The molecule has 0 unspecified atom stereocenters. The normalized spacial score (nSPS) is 15.0. The Kier molecular flexibility index (Phi) is 5.24. The maximum absolute atomic E-state index is 12.0. The summed E-state index contributed by atoms with van der Waals surface area (Å²) in [7, 11) is 2.91. The van der Waals surface area contributed by atoms with Crippen molar-refractivity contribution in [3.63, 3.8) is 0 Å². The quantitative estimate of drug-likeness (QED) is 0.567. The van der Waals surface area contributed by atoms with Crippen molar-refractivity contribution < 1.29 is 22.7 Å². The van der Waals surface area contributed by atoms with Crippen LogP contribution in [0.1, 0.15) is 35.2 Å². The van der Waals surface area contributed by atoms with Gasteiger partial charge in [0.1, 0.15) is 0 Å². The fourth-order valence-electron chi connectivity index (χ4n) is 1.98. The van der Waals surface area contributed by atoms with Gasteiger partial charge in [-0.15, -0.1) is 0 Å². The van der Waals surface area contributed by atoms with E-state index in [4.69, 9.17) is 20.2 Å². The number of carbonyl (C=O) groups is 1. The van der Waals surface area contributed by atoms with Gasteiger partial charge in [0.15, 0.2) is 0 Å². The van der Waals surface area contributed by atoms with Gasteiger partial charge >= 0.3 is 5.97 Å². The van der Waals surface area contributed by atoms with Crippen LogP contribution >= 0.6 is 10.7 Å². The van der Waals surface area contributed by atoms with Crippen molar-refractivity contribution in [2.24, 2.45) is 5.92 Å². The van der Waals surface area contributed by atoms with Crippen molar-refractivity contribution in [3.8, 4) is 0 Å². The number of hydrogen-bond acceptors (Lipinski definition) is 5. The third-order valence-corrected chi connectivity index (χ3v) is 4.58. The number of halogens is 1. The zero-order chi connectivity index (χ0) is 15.5. The van der Waals surface area contributed by atoms with Crippen LogP contribution in [0.5, 0.6) is 0 Å². The number of methoxy groups -OCH3 is 1. The van der Waals surface area contributed by atoms with Gasteiger partial charge in [0, 0.05) is 17.8 Å². The van der Waals surface area contributed by atoms with Crippen LogP contribution in [0.2, 0.25) is 0 Å². The molecule has 0 aromatic heterocycles. The van der Waals surface area contributed by atoms with Gasteiger partial charge in [0.25, 0.3) is 9.05 Å². The van der Waals surface area contributed by atoms with Crippen molar-refractivity contribution in [3.05, 3.63) is 29.3 Å². The summed E-state index contributed by atoms with van der Waals surface area (Å²) in [4.78, 5) is 11.8. The van der Waals surface area contributed by atoms with E-state index < -0.39 is 15.0 Å². The molecule has 116 valence electrons. The molecule has 0 radical (unpaired) electrons. The first kappa shape index (κ1) is 16.3. The summed E-state index contributed by atoms with van der Waals surface area (Å²) >= 11 is 0. The maximum Gasteiger partial charge on any atom is 0.338 e. The maximum atomic E-state index is 12.0. The zero-order valence-corrected chi connectivity index (χ0v) is 13.2. The molecule has 0 spiro atoms. The SMILES string of the molecule is COCc1cc(C(=O)OCCC2CC2)cc(S(=O)(=O)Cl)c1. The fourth-order valence-corrected chi connectivity index (χ4v) is 2.80. The van der Waals surface area contributed by atoms with E-state index >= 15 is 0 Å². The molecular weight excluding hydrogens is 316 g/mol. The monoisotopic (exact) mass is 332 g/mol. The van der Waals surface area contributed by atoms with Crippen molar-refractivity contribution in [1.29, 1.82) is 0 Å². The van der Waals surface area contributed by atoms with Gasteiger partial charge in [0.05, 0.1) is 23.7 Å². The highest BCUT2D eigenvalue weighted by Gasteiger charge is 2.22. The highest BCUT2D eigenvalue weighted by atomic mass is 35.7. The van der Waals surface area contributed by atoms with E-state index in [2.05, 4.69) is 0 Å². The van der Waals surface area contributed by atoms with Crippen molar-refractivity contribution >= 4 is 25.7 Å². The lowest BCUT2D eigenvalue weighted by Crippen LogP contribution is -2.09. The summed E-state index contributed by atoms with van der Waals surface area (Å²) in [6.45, 7) is 0.531. The zero-order valence-electron chi connectivity index (χ0n) is 11.7. The highest BCUT2D eigenvalue weighted by molar-refractivity contribution is 8.13. The predicted molar refractivity (Wildman–Crippen MR) is 77.8 cm³/mol. The standard InChI is InChI=1S/C14H17ClO5S/c1-19-9-11-6-12(8-13(7-11)21(15,17)18)14(16)20-5-4-10-2-3-10/h6-8,10H,2-5,9H2,1H3. The molecule has 0 bridgehead atoms. The van der Waals surface area contributed by atoms with Crippen LogP contribution in [0.4, 0.5) is 0 Å². The molecule has 0 amide bonds. The summed E-state index contributed by atoms with van der Waals surface area (Å²) in [5.74, 6) is 0.117. The Labute approximate surface area is 128 Å². The summed E-state index contributed by atoms with van der Waals surface area (Å²) < 4.78 is 33.0. The molecule has 0 aliphatic heterocycles. The first-order chi connectivity index (χ1) is 9.90. The first-order valence-electron chi connectivity index (χ1n) is 6.65. The fraction of sp³-hybridized carbons (Fsp3) is 0.500. The topological polar surface area (TPSA) is 69.7 Å². The van der Waals surface area contributed by atoms with E-state index in [0.717, 1.165) is 6.42 Å². The Balaban J connectivity index is 2.15. The molecule has 21 heavy (non-hydrogen) atoms. The van der Waals surface area contributed by atoms with E-state index in [-0.39, 0.29) is 17.1 Å². The Hall–Kier alpha value is -1.11. The van der Waals surface area contributed by atoms with E-state index in [1.54, 1.807) is 6.07 Å². The minimum Gasteiger partial charge on any atom is -0.462 e.